The summed E-state index contributed by atoms with van der Waals surface area (Å²) in [6.45, 7) is 0.653. The van der Waals surface area contributed by atoms with Gasteiger partial charge in [-0.3, -0.25) is 9.69 Å². The molecule has 2 amide bonds. The maximum atomic E-state index is 11.9. The van der Waals surface area contributed by atoms with Crippen LogP contribution in [0.15, 0.2) is 24.3 Å². The normalized spacial score (nSPS) is 14.1. The van der Waals surface area contributed by atoms with E-state index in [1.165, 1.54) is 4.90 Å². The fraction of sp³-hybridized carbons (Fsp3) is 0.333. The molecule has 1 aliphatic rings. The molecule has 18 heavy (non-hydrogen) atoms. The second-order valence-electron chi connectivity index (χ2n) is 3.87. The van der Waals surface area contributed by atoms with Gasteiger partial charge in [-0.05, 0) is 18.6 Å². The molecular weight excluding hydrogens is 236 g/mol. The molecule has 0 spiro atoms. The Balaban J connectivity index is 2.17. The van der Waals surface area contributed by atoms with Crippen molar-refractivity contribution in [1.29, 1.82) is 0 Å². The van der Waals surface area contributed by atoms with Crippen LogP contribution in [-0.2, 0) is 4.79 Å². The van der Waals surface area contributed by atoms with E-state index in [-0.39, 0.29) is 0 Å². The van der Waals surface area contributed by atoms with Gasteiger partial charge in [-0.15, -0.1) is 0 Å². The third kappa shape index (κ3) is 2.71. The van der Waals surface area contributed by atoms with Crippen LogP contribution in [0.3, 0.4) is 0 Å². The van der Waals surface area contributed by atoms with Crippen LogP contribution < -0.4 is 15.0 Å². The molecule has 1 aromatic carbocycles. The van der Waals surface area contributed by atoms with Crippen LogP contribution in [0.2, 0.25) is 0 Å². The number of nitrogens with one attached hydrogen (secondary N) is 1. The zero-order valence-corrected chi connectivity index (χ0v) is 9.76. The lowest BCUT2D eigenvalue weighted by atomic mass is 10.2. The first-order chi connectivity index (χ1) is 8.68. The average molecular weight is 250 g/mol. The Bertz CT molecular complexity index is 461. The summed E-state index contributed by atoms with van der Waals surface area (Å²) < 4.78 is 5.52. The largest absolute Gasteiger partial charge is 0.491 e. The third-order valence-corrected chi connectivity index (χ3v) is 2.58. The van der Waals surface area contributed by atoms with E-state index in [9.17, 15) is 9.59 Å². The molecule has 0 saturated carbocycles. The highest BCUT2D eigenvalue weighted by Crippen LogP contribution is 2.30. The van der Waals surface area contributed by atoms with Crippen LogP contribution in [0.1, 0.15) is 6.42 Å². The Kier molecular flexibility index (Phi) is 3.66. The summed E-state index contributed by atoms with van der Waals surface area (Å²) in [7, 11) is 0. The van der Waals surface area contributed by atoms with Crippen LogP contribution in [0.4, 0.5) is 10.5 Å². The number of anilines is 1. The monoisotopic (exact) mass is 250 g/mol. The number of hydrogen-bond acceptors (Lipinski definition) is 3. The van der Waals surface area contributed by atoms with Gasteiger partial charge in [0, 0.05) is 6.54 Å². The van der Waals surface area contributed by atoms with Crippen molar-refractivity contribution in [2.75, 3.05) is 24.6 Å². The SMILES string of the molecule is O=C(O)CNC(=O)N1CCCOc2ccccc21. The number of benzene rings is 1. The Morgan fingerprint density at radius 3 is 2.94 bits per heavy atom. The van der Waals surface area contributed by atoms with Crippen LogP contribution >= 0.6 is 0 Å². The molecule has 1 aliphatic heterocycles. The standard InChI is InChI=1S/C12H14N2O4/c15-11(16)8-13-12(17)14-6-3-7-18-10-5-2-1-4-9(10)14/h1-2,4-5H,3,6-8H2,(H,13,17)(H,15,16). The first-order valence-electron chi connectivity index (χ1n) is 5.67. The molecular formula is C12H14N2O4. The minimum atomic E-state index is -1.07. The predicted molar refractivity (Wildman–Crippen MR) is 64.9 cm³/mol. The van der Waals surface area contributed by atoms with Crippen molar-refractivity contribution < 1.29 is 19.4 Å². The van der Waals surface area contributed by atoms with Gasteiger partial charge in [-0.25, -0.2) is 4.79 Å². The van der Waals surface area contributed by atoms with Crippen molar-refractivity contribution >= 4 is 17.7 Å². The number of nitrogens with zero attached hydrogens (tertiary/aromatic N) is 1. The summed E-state index contributed by atoms with van der Waals surface area (Å²) in [5, 5.41) is 10.9. The fourth-order valence-corrected chi connectivity index (χ4v) is 1.79. The maximum absolute atomic E-state index is 11.9. The summed E-state index contributed by atoms with van der Waals surface area (Å²) in [5.41, 5.74) is 0.665. The van der Waals surface area contributed by atoms with Gasteiger partial charge in [-0.2, -0.15) is 0 Å². The summed E-state index contributed by atoms with van der Waals surface area (Å²) >= 11 is 0. The number of ether oxygens (including phenoxy) is 1. The van der Waals surface area contributed by atoms with Gasteiger partial charge < -0.3 is 15.2 Å². The van der Waals surface area contributed by atoms with Gasteiger partial charge in [0.05, 0.1) is 12.3 Å². The van der Waals surface area contributed by atoms with Crippen molar-refractivity contribution in [2.45, 2.75) is 6.42 Å². The molecule has 1 aromatic rings. The lowest BCUT2D eigenvalue weighted by Gasteiger charge is -2.21. The highest BCUT2D eigenvalue weighted by atomic mass is 16.5. The van der Waals surface area contributed by atoms with E-state index in [0.29, 0.717) is 31.0 Å². The lowest BCUT2D eigenvalue weighted by Crippen LogP contribution is -2.42. The molecule has 6 heteroatoms. The highest BCUT2D eigenvalue weighted by Gasteiger charge is 2.21. The zero-order chi connectivity index (χ0) is 13.0. The van der Waals surface area contributed by atoms with E-state index in [4.69, 9.17) is 9.84 Å². The quantitative estimate of drug-likeness (QED) is 0.823. The average Bonchev–Trinajstić information content (AvgIpc) is 2.58. The Labute approximate surface area is 104 Å². The number of para-hydroxylation sites is 2. The van der Waals surface area contributed by atoms with Gasteiger partial charge in [0.2, 0.25) is 0 Å². The summed E-state index contributed by atoms with van der Waals surface area (Å²) in [5.74, 6) is -0.428. The Hall–Kier alpha value is -2.24. The van der Waals surface area contributed by atoms with Crippen molar-refractivity contribution in [1.82, 2.24) is 5.32 Å². The summed E-state index contributed by atoms with van der Waals surface area (Å²) in [6.07, 6.45) is 0.704. The van der Waals surface area contributed by atoms with Gasteiger partial charge in [0.25, 0.3) is 0 Å². The number of carbonyl (C=O) groups excluding carboxylic acids is 1. The van der Waals surface area contributed by atoms with Crippen LogP contribution in [0.25, 0.3) is 0 Å². The minimum Gasteiger partial charge on any atom is -0.491 e. The molecule has 0 aliphatic carbocycles. The molecule has 0 aromatic heterocycles. The van der Waals surface area contributed by atoms with Gasteiger partial charge >= 0.3 is 12.0 Å². The number of fused-ring (bicyclic) bond motifs is 1. The molecule has 0 radical (unpaired) electrons. The summed E-state index contributed by atoms with van der Waals surface area (Å²) in [6, 6.07) is 6.79. The highest BCUT2D eigenvalue weighted by molar-refractivity contribution is 5.95. The number of carbonyl (C=O) groups is 2. The minimum absolute atomic E-state index is 0.391. The summed E-state index contributed by atoms with van der Waals surface area (Å²) in [4.78, 5) is 23.9. The maximum Gasteiger partial charge on any atom is 0.323 e. The van der Waals surface area contributed by atoms with Gasteiger partial charge in [0.15, 0.2) is 0 Å². The number of aliphatic carboxylic acids is 1. The van der Waals surface area contributed by atoms with Crippen LogP contribution in [-0.4, -0.2) is 36.8 Å². The van der Waals surface area contributed by atoms with E-state index < -0.39 is 18.5 Å². The number of rotatable bonds is 2. The number of urea groups is 1. The molecule has 0 bridgehead atoms. The Morgan fingerprint density at radius 2 is 2.17 bits per heavy atom. The second kappa shape index (κ2) is 5.39. The van der Waals surface area contributed by atoms with E-state index in [1.54, 1.807) is 12.1 Å². The topological polar surface area (TPSA) is 78.9 Å². The molecule has 0 saturated heterocycles. The lowest BCUT2D eigenvalue weighted by molar-refractivity contribution is -0.135. The van der Waals surface area contributed by atoms with Gasteiger partial charge in [-0.1, -0.05) is 12.1 Å². The van der Waals surface area contributed by atoms with Crippen LogP contribution in [0, 0.1) is 0 Å². The number of amides is 2. The van der Waals surface area contributed by atoms with Crippen molar-refractivity contribution in [3.05, 3.63) is 24.3 Å². The molecule has 96 valence electrons. The van der Waals surface area contributed by atoms with Crippen molar-refractivity contribution in [3.8, 4) is 5.75 Å². The van der Waals surface area contributed by atoms with E-state index in [1.807, 2.05) is 12.1 Å². The smallest absolute Gasteiger partial charge is 0.323 e. The first kappa shape index (κ1) is 12.2. The first-order valence-corrected chi connectivity index (χ1v) is 5.67. The zero-order valence-electron chi connectivity index (χ0n) is 9.76. The Morgan fingerprint density at radius 1 is 1.39 bits per heavy atom. The number of carboxylic acid groups (broad SMARTS) is 1. The van der Waals surface area contributed by atoms with E-state index >= 15 is 0 Å². The van der Waals surface area contributed by atoms with Crippen molar-refractivity contribution in [2.24, 2.45) is 0 Å². The number of carboxylic acids is 1. The van der Waals surface area contributed by atoms with Crippen molar-refractivity contribution in [3.63, 3.8) is 0 Å². The molecule has 2 rings (SSSR count). The third-order valence-electron chi connectivity index (χ3n) is 2.58. The van der Waals surface area contributed by atoms with E-state index in [2.05, 4.69) is 5.32 Å². The molecule has 1 heterocycles. The molecule has 0 unspecified atom stereocenters. The van der Waals surface area contributed by atoms with E-state index in [0.717, 1.165) is 0 Å². The van der Waals surface area contributed by atoms with Gasteiger partial charge in [0.1, 0.15) is 12.3 Å². The predicted octanol–water partition coefficient (Wildman–Crippen LogP) is 1.07. The van der Waals surface area contributed by atoms with Crippen LogP contribution in [0.5, 0.6) is 5.75 Å². The molecule has 6 nitrogen and oxygen atoms in total. The number of hydrogen-bond donors (Lipinski definition) is 2. The molecule has 0 fully saturated rings. The molecule has 0 atom stereocenters. The fourth-order valence-electron chi connectivity index (χ4n) is 1.79. The second-order valence-corrected chi connectivity index (χ2v) is 3.87. The molecule has 2 N–H and O–H groups in total.